The second-order valence-corrected chi connectivity index (χ2v) is 10.5. The van der Waals surface area contributed by atoms with Gasteiger partial charge in [-0.3, -0.25) is 9.59 Å². The van der Waals surface area contributed by atoms with Crippen LogP contribution in [0.3, 0.4) is 0 Å². The van der Waals surface area contributed by atoms with E-state index in [1.807, 2.05) is 71.9 Å². The maximum atomic E-state index is 13.2. The van der Waals surface area contributed by atoms with Crippen molar-refractivity contribution in [3.8, 4) is 0 Å². The van der Waals surface area contributed by atoms with Gasteiger partial charge < -0.3 is 25.4 Å². The SMILES string of the molecule is CC(C)C[C@H](CC(=O)[C@H](CC(C)C)NC(=O)OCc1ccccc1)C(=O)N[C@@H](CC(C)C)B(O)O. The molecule has 0 aliphatic rings. The summed E-state index contributed by atoms with van der Waals surface area (Å²) in [4.78, 5) is 38.7. The first-order valence-electron chi connectivity index (χ1n) is 12.5. The monoisotopic (exact) mass is 490 g/mol. The number of ketones is 1. The Bertz CT molecular complexity index is 785. The summed E-state index contributed by atoms with van der Waals surface area (Å²) in [5.74, 6) is -1.67. The van der Waals surface area contributed by atoms with E-state index in [0.29, 0.717) is 19.3 Å². The number of hydrogen-bond acceptors (Lipinski definition) is 6. The summed E-state index contributed by atoms with van der Waals surface area (Å²) in [6, 6.07) is 8.48. The zero-order valence-corrected chi connectivity index (χ0v) is 22.0. The Morgan fingerprint density at radius 2 is 1.43 bits per heavy atom. The summed E-state index contributed by atoms with van der Waals surface area (Å²) >= 11 is 0. The molecule has 8 nitrogen and oxygen atoms in total. The molecule has 0 heterocycles. The number of carbonyl (C=O) groups excluding carboxylic acids is 3. The van der Waals surface area contributed by atoms with Crippen molar-refractivity contribution in [2.24, 2.45) is 23.7 Å². The van der Waals surface area contributed by atoms with E-state index in [9.17, 15) is 24.4 Å². The average Bonchev–Trinajstić information content (AvgIpc) is 2.76. The molecule has 9 heteroatoms. The minimum Gasteiger partial charge on any atom is -0.445 e. The summed E-state index contributed by atoms with van der Waals surface area (Å²) in [6.07, 6.45) is 0.534. The van der Waals surface area contributed by atoms with Gasteiger partial charge in [-0.05, 0) is 42.6 Å². The lowest BCUT2D eigenvalue weighted by Gasteiger charge is -2.26. The van der Waals surface area contributed by atoms with Crippen molar-refractivity contribution in [2.45, 2.75) is 85.8 Å². The maximum Gasteiger partial charge on any atom is 0.475 e. The molecule has 0 spiro atoms. The zero-order valence-electron chi connectivity index (χ0n) is 22.0. The molecular weight excluding hydrogens is 447 g/mol. The first-order chi connectivity index (χ1) is 16.4. The van der Waals surface area contributed by atoms with Gasteiger partial charge in [-0.1, -0.05) is 71.9 Å². The number of hydrogen-bond donors (Lipinski definition) is 4. The molecule has 2 amide bonds. The van der Waals surface area contributed by atoms with Crippen molar-refractivity contribution in [2.75, 3.05) is 0 Å². The van der Waals surface area contributed by atoms with Gasteiger partial charge in [0.2, 0.25) is 5.91 Å². The van der Waals surface area contributed by atoms with E-state index in [2.05, 4.69) is 10.6 Å². The summed E-state index contributed by atoms with van der Waals surface area (Å²) < 4.78 is 5.29. The van der Waals surface area contributed by atoms with Crippen LogP contribution in [0.15, 0.2) is 30.3 Å². The highest BCUT2D eigenvalue weighted by Crippen LogP contribution is 2.20. The number of carbonyl (C=O) groups is 3. The van der Waals surface area contributed by atoms with Gasteiger partial charge in [0.15, 0.2) is 5.78 Å². The highest BCUT2D eigenvalue weighted by molar-refractivity contribution is 6.43. The average molecular weight is 490 g/mol. The van der Waals surface area contributed by atoms with Crippen LogP contribution in [0.1, 0.15) is 72.8 Å². The van der Waals surface area contributed by atoms with Gasteiger partial charge in [-0.25, -0.2) is 4.79 Å². The second kappa shape index (κ2) is 15.6. The molecule has 0 bridgehead atoms. The molecule has 0 radical (unpaired) electrons. The third-order valence-corrected chi connectivity index (χ3v) is 5.59. The Labute approximate surface area is 210 Å². The van der Waals surface area contributed by atoms with Crippen LogP contribution in [0.4, 0.5) is 4.79 Å². The van der Waals surface area contributed by atoms with Crippen LogP contribution in [0.25, 0.3) is 0 Å². The molecule has 0 saturated carbocycles. The first-order valence-corrected chi connectivity index (χ1v) is 12.5. The Kier molecular flexibility index (Phi) is 13.6. The summed E-state index contributed by atoms with van der Waals surface area (Å²) in [5.41, 5.74) is 0.838. The molecule has 0 aromatic heterocycles. The summed E-state index contributed by atoms with van der Waals surface area (Å²) in [6.45, 7) is 11.8. The Morgan fingerprint density at radius 1 is 0.857 bits per heavy atom. The normalized spacial score (nSPS) is 13.9. The second-order valence-electron chi connectivity index (χ2n) is 10.5. The predicted molar refractivity (Wildman–Crippen MR) is 137 cm³/mol. The largest absolute Gasteiger partial charge is 0.475 e. The topological polar surface area (TPSA) is 125 Å². The highest BCUT2D eigenvalue weighted by Gasteiger charge is 2.32. The fourth-order valence-corrected chi connectivity index (χ4v) is 3.95. The molecule has 3 atom stereocenters. The van der Waals surface area contributed by atoms with Crippen LogP contribution in [0.5, 0.6) is 0 Å². The van der Waals surface area contributed by atoms with E-state index in [1.165, 1.54) is 0 Å². The highest BCUT2D eigenvalue weighted by atomic mass is 16.5. The standard InChI is InChI=1S/C26H43BN2O6/c1-17(2)12-21(25(31)29-24(27(33)34)14-19(5)6)15-23(30)22(13-18(3)4)28-26(32)35-16-20-10-8-7-9-11-20/h7-11,17-19,21-22,24,33-34H,12-16H2,1-6H3,(H,28,32)(H,29,31)/t21-,22+,24+/m1/s1. The molecule has 196 valence electrons. The van der Waals surface area contributed by atoms with Crippen molar-refractivity contribution in [1.82, 2.24) is 10.6 Å². The van der Waals surface area contributed by atoms with Crippen LogP contribution in [-0.2, 0) is 20.9 Å². The van der Waals surface area contributed by atoms with E-state index in [4.69, 9.17) is 4.74 Å². The minimum absolute atomic E-state index is 0.0592. The Hall–Kier alpha value is -2.39. The lowest BCUT2D eigenvalue weighted by atomic mass is 9.74. The maximum absolute atomic E-state index is 13.2. The minimum atomic E-state index is -1.69. The van der Waals surface area contributed by atoms with E-state index in [1.54, 1.807) is 0 Å². The van der Waals surface area contributed by atoms with Crippen molar-refractivity contribution in [1.29, 1.82) is 0 Å². The van der Waals surface area contributed by atoms with Crippen molar-refractivity contribution < 1.29 is 29.2 Å². The molecule has 0 unspecified atom stereocenters. The quantitative estimate of drug-likeness (QED) is 0.279. The fourth-order valence-electron chi connectivity index (χ4n) is 3.95. The van der Waals surface area contributed by atoms with Crippen LogP contribution < -0.4 is 10.6 Å². The van der Waals surface area contributed by atoms with E-state index in [-0.39, 0.29) is 42.5 Å². The van der Waals surface area contributed by atoms with Gasteiger partial charge in [-0.15, -0.1) is 0 Å². The van der Waals surface area contributed by atoms with E-state index < -0.39 is 31.1 Å². The van der Waals surface area contributed by atoms with Crippen molar-refractivity contribution >= 4 is 24.9 Å². The Balaban J connectivity index is 2.87. The third kappa shape index (κ3) is 12.8. The smallest absolute Gasteiger partial charge is 0.445 e. The van der Waals surface area contributed by atoms with Crippen LogP contribution in [0, 0.1) is 23.7 Å². The number of nitrogens with one attached hydrogen (secondary N) is 2. The molecule has 1 aromatic carbocycles. The lowest BCUT2D eigenvalue weighted by molar-refractivity contribution is -0.131. The number of ether oxygens (including phenoxy) is 1. The molecular formula is C26H43BN2O6. The van der Waals surface area contributed by atoms with Crippen LogP contribution in [0.2, 0.25) is 0 Å². The molecule has 1 aromatic rings. The molecule has 0 saturated heterocycles. The van der Waals surface area contributed by atoms with Gasteiger partial charge in [0.05, 0.1) is 12.0 Å². The molecule has 35 heavy (non-hydrogen) atoms. The molecule has 4 N–H and O–H groups in total. The van der Waals surface area contributed by atoms with Gasteiger partial charge in [0.25, 0.3) is 0 Å². The van der Waals surface area contributed by atoms with Gasteiger partial charge >= 0.3 is 13.2 Å². The summed E-state index contributed by atoms with van der Waals surface area (Å²) in [5, 5.41) is 24.8. The molecule has 0 aliphatic carbocycles. The number of benzene rings is 1. The van der Waals surface area contributed by atoms with Crippen LogP contribution >= 0.6 is 0 Å². The molecule has 0 fully saturated rings. The van der Waals surface area contributed by atoms with Gasteiger partial charge in [0.1, 0.15) is 6.61 Å². The van der Waals surface area contributed by atoms with Crippen LogP contribution in [-0.4, -0.2) is 46.9 Å². The molecule has 0 aliphatic heterocycles. The van der Waals surface area contributed by atoms with Gasteiger partial charge in [0, 0.05) is 12.3 Å². The van der Waals surface area contributed by atoms with E-state index >= 15 is 0 Å². The third-order valence-electron chi connectivity index (χ3n) is 5.59. The Morgan fingerprint density at radius 3 is 1.94 bits per heavy atom. The summed E-state index contributed by atoms with van der Waals surface area (Å²) in [7, 11) is -1.69. The molecule has 1 rings (SSSR count). The van der Waals surface area contributed by atoms with Crippen molar-refractivity contribution in [3.63, 3.8) is 0 Å². The van der Waals surface area contributed by atoms with E-state index in [0.717, 1.165) is 5.56 Å². The fraction of sp³-hybridized carbons (Fsp3) is 0.654. The number of Topliss-reactive ketones (excluding diaryl/α,β-unsaturated/α-hetero) is 1. The van der Waals surface area contributed by atoms with Gasteiger partial charge in [-0.2, -0.15) is 0 Å². The zero-order chi connectivity index (χ0) is 26.5. The number of amides is 2. The first kappa shape index (κ1) is 30.6. The predicted octanol–water partition coefficient (Wildman–Crippen LogP) is 3.49. The van der Waals surface area contributed by atoms with Crippen molar-refractivity contribution in [3.05, 3.63) is 35.9 Å². The number of alkyl carbamates (subject to hydrolysis) is 1. The number of rotatable bonds is 15. The lowest BCUT2D eigenvalue weighted by Crippen LogP contribution is -2.50.